The van der Waals surface area contributed by atoms with Crippen LogP contribution in [0.25, 0.3) is 0 Å². The summed E-state index contributed by atoms with van der Waals surface area (Å²) >= 11 is 5.03. The number of hydrogen-bond donors (Lipinski definition) is 3. The Hall–Kier alpha value is -2.02. The lowest BCUT2D eigenvalue weighted by atomic mass is 10.3. The van der Waals surface area contributed by atoms with E-state index in [1.54, 1.807) is 39.3 Å². The number of carbonyl (C=O) groups is 1. The second kappa shape index (κ2) is 7.42. The highest BCUT2D eigenvalue weighted by Gasteiger charge is 2.05. The fourth-order valence-electron chi connectivity index (χ4n) is 1.29. The van der Waals surface area contributed by atoms with Gasteiger partial charge in [-0.2, -0.15) is 0 Å². The van der Waals surface area contributed by atoms with Crippen LogP contribution in [-0.2, 0) is 4.79 Å². The molecule has 104 valence electrons. The van der Waals surface area contributed by atoms with Crippen molar-refractivity contribution in [2.75, 3.05) is 19.5 Å². The molecule has 19 heavy (non-hydrogen) atoms. The van der Waals surface area contributed by atoms with Gasteiger partial charge < -0.3 is 14.8 Å². The zero-order valence-electron chi connectivity index (χ0n) is 11.1. The van der Waals surface area contributed by atoms with Gasteiger partial charge in [-0.3, -0.25) is 15.6 Å². The fourth-order valence-corrected chi connectivity index (χ4v) is 1.46. The maximum absolute atomic E-state index is 11.1. The van der Waals surface area contributed by atoms with Gasteiger partial charge in [-0.1, -0.05) is 6.92 Å². The van der Waals surface area contributed by atoms with Gasteiger partial charge in [-0.25, -0.2) is 0 Å². The molecule has 0 atom stereocenters. The first-order valence-corrected chi connectivity index (χ1v) is 6.09. The lowest BCUT2D eigenvalue weighted by Gasteiger charge is -2.13. The van der Waals surface area contributed by atoms with Crippen LogP contribution < -0.4 is 25.6 Å². The van der Waals surface area contributed by atoms with Crippen LogP contribution in [0.15, 0.2) is 18.2 Å². The summed E-state index contributed by atoms with van der Waals surface area (Å²) in [6.07, 6.45) is 0.381. The molecule has 0 spiro atoms. The van der Waals surface area contributed by atoms with Crippen LogP contribution in [0.3, 0.4) is 0 Å². The number of hydrazine groups is 1. The zero-order valence-corrected chi connectivity index (χ0v) is 11.9. The van der Waals surface area contributed by atoms with Crippen LogP contribution in [0.2, 0.25) is 0 Å². The Morgan fingerprint density at radius 1 is 1.21 bits per heavy atom. The standard InChI is InChI=1S/C12H17N3O3S/c1-4-11(16)14-15-12(19)13-8-5-6-9(17-2)10(7-8)18-3/h5-7H,4H2,1-3H3,(H,14,16)(H2,13,15,19). The van der Waals surface area contributed by atoms with Crippen molar-refractivity contribution in [1.82, 2.24) is 10.9 Å². The van der Waals surface area contributed by atoms with Crippen LogP contribution >= 0.6 is 12.2 Å². The molecule has 1 amide bonds. The topological polar surface area (TPSA) is 71.6 Å². The molecule has 0 saturated heterocycles. The third-order valence-corrected chi connectivity index (χ3v) is 2.48. The van der Waals surface area contributed by atoms with Gasteiger partial charge in [0.05, 0.1) is 14.2 Å². The number of nitrogens with one attached hydrogen (secondary N) is 3. The van der Waals surface area contributed by atoms with Crippen LogP contribution in [0.4, 0.5) is 5.69 Å². The quantitative estimate of drug-likeness (QED) is 0.573. The first-order chi connectivity index (χ1) is 9.10. The number of ether oxygens (including phenoxy) is 2. The summed E-state index contributed by atoms with van der Waals surface area (Å²) in [6.45, 7) is 1.75. The average molecular weight is 283 g/mol. The van der Waals surface area contributed by atoms with Gasteiger partial charge >= 0.3 is 0 Å². The molecule has 6 nitrogen and oxygen atoms in total. The van der Waals surface area contributed by atoms with Crippen molar-refractivity contribution >= 4 is 28.9 Å². The molecular weight excluding hydrogens is 266 g/mol. The largest absolute Gasteiger partial charge is 0.493 e. The van der Waals surface area contributed by atoms with Gasteiger partial charge in [0.15, 0.2) is 16.6 Å². The van der Waals surface area contributed by atoms with Crippen molar-refractivity contribution in [1.29, 1.82) is 0 Å². The van der Waals surface area contributed by atoms with E-state index < -0.39 is 0 Å². The van der Waals surface area contributed by atoms with Crippen LogP contribution in [0.5, 0.6) is 11.5 Å². The second-order valence-electron chi connectivity index (χ2n) is 3.55. The van der Waals surface area contributed by atoms with E-state index in [2.05, 4.69) is 16.2 Å². The number of carbonyl (C=O) groups excluding carboxylic acids is 1. The van der Waals surface area contributed by atoms with E-state index in [4.69, 9.17) is 21.7 Å². The minimum absolute atomic E-state index is 0.142. The molecule has 0 heterocycles. The van der Waals surface area contributed by atoms with Crippen molar-refractivity contribution in [2.45, 2.75) is 13.3 Å². The number of methoxy groups -OCH3 is 2. The van der Waals surface area contributed by atoms with E-state index in [-0.39, 0.29) is 11.0 Å². The van der Waals surface area contributed by atoms with Gasteiger partial charge in [0.1, 0.15) is 0 Å². The maximum atomic E-state index is 11.1. The highest BCUT2D eigenvalue weighted by molar-refractivity contribution is 7.80. The SMILES string of the molecule is CCC(=O)NNC(=S)Nc1ccc(OC)c(OC)c1. The van der Waals surface area contributed by atoms with E-state index in [0.29, 0.717) is 17.9 Å². The molecule has 7 heteroatoms. The molecule has 0 radical (unpaired) electrons. The Kier molecular flexibility index (Phi) is 5.87. The maximum Gasteiger partial charge on any atom is 0.238 e. The summed E-state index contributed by atoms with van der Waals surface area (Å²) in [5, 5.41) is 3.20. The monoisotopic (exact) mass is 283 g/mol. The minimum Gasteiger partial charge on any atom is -0.493 e. The normalized spacial score (nSPS) is 9.42. The van der Waals surface area contributed by atoms with E-state index in [9.17, 15) is 4.79 Å². The van der Waals surface area contributed by atoms with Crippen LogP contribution in [0.1, 0.15) is 13.3 Å². The third-order valence-electron chi connectivity index (χ3n) is 2.28. The van der Waals surface area contributed by atoms with Gasteiger partial charge in [0, 0.05) is 18.2 Å². The first-order valence-electron chi connectivity index (χ1n) is 5.68. The summed E-state index contributed by atoms with van der Waals surface area (Å²) in [4.78, 5) is 11.1. The van der Waals surface area contributed by atoms with Crippen LogP contribution in [-0.4, -0.2) is 25.2 Å². The van der Waals surface area contributed by atoms with Gasteiger partial charge in [-0.05, 0) is 24.4 Å². The number of rotatable bonds is 4. The molecule has 0 aliphatic rings. The smallest absolute Gasteiger partial charge is 0.238 e. The van der Waals surface area contributed by atoms with E-state index >= 15 is 0 Å². The summed E-state index contributed by atoms with van der Waals surface area (Å²) in [5.74, 6) is 1.08. The third kappa shape index (κ3) is 4.63. The van der Waals surface area contributed by atoms with E-state index in [0.717, 1.165) is 5.69 Å². The Labute approximate surface area is 117 Å². The Balaban J connectivity index is 2.61. The number of benzene rings is 1. The molecule has 0 bridgehead atoms. The molecule has 0 aromatic heterocycles. The van der Waals surface area contributed by atoms with Crippen molar-refractivity contribution in [3.05, 3.63) is 18.2 Å². The minimum atomic E-state index is -0.142. The fraction of sp³-hybridized carbons (Fsp3) is 0.333. The number of thiocarbonyl (C=S) groups is 1. The number of amides is 1. The second-order valence-corrected chi connectivity index (χ2v) is 3.96. The van der Waals surface area contributed by atoms with Gasteiger partial charge in [0.2, 0.25) is 5.91 Å². The average Bonchev–Trinajstić information content (AvgIpc) is 2.44. The van der Waals surface area contributed by atoms with Crippen molar-refractivity contribution in [3.8, 4) is 11.5 Å². The summed E-state index contributed by atoms with van der Waals surface area (Å²) in [6, 6.07) is 5.29. The zero-order chi connectivity index (χ0) is 14.3. The molecule has 1 aromatic carbocycles. The Morgan fingerprint density at radius 2 is 1.89 bits per heavy atom. The first kappa shape index (κ1) is 15.0. The van der Waals surface area contributed by atoms with Crippen molar-refractivity contribution < 1.29 is 14.3 Å². The van der Waals surface area contributed by atoms with Crippen LogP contribution in [0, 0.1) is 0 Å². The predicted molar refractivity (Wildman–Crippen MR) is 77.3 cm³/mol. The Morgan fingerprint density at radius 3 is 2.47 bits per heavy atom. The molecule has 0 fully saturated rings. The molecule has 0 saturated carbocycles. The molecule has 3 N–H and O–H groups in total. The highest BCUT2D eigenvalue weighted by Crippen LogP contribution is 2.29. The molecule has 1 rings (SSSR count). The molecular formula is C12H17N3O3S. The molecule has 1 aromatic rings. The van der Waals surface area contributed by atoms with E-state index in [1.807, 2.05) is 0 Å². The Bertz CT molecular complexity index is 466. The number of hydrogen-bond acceptors (Lipinski definition) is 4. The summed E-state index contributed by atoms with van der Waals surface area (Å²) in [7, 11) is 3.12. The summed E-state index contributed by atoms with van der Waals surface area (Å²) < 4.78 is 10.3. The lowest BCUT2D eigenvalue weighted by molar-refractivity contribution is -0.121. The number of anilines is 1. The van der Waals surface area contributed by atoms with Gasteiger partial charge in [0.25, 0.3) is 0 Å². The predicted octanol–water partition coefficient (Wildman–Crippen LogP) is 1.43. The summed E-state index contributed by atoms with van der Waals surface area (Å²) in [5.41, 5.74) is 5.77. The molecule has 0 aliphatic heterocycles. The molecule has 0 aliphatic carbocycles. The van der Waals surface area contributed by atoms with Crippen molar-refractivity contribution in [2.24, 2.45) is 0 Å². The van der Waals surface area contributed by atoms with E-state index in [1.165, 1.54) is 0 Å². The highest BCUT2D eigenvalue weighted by atomic mass is 32.1. The van der Waals surface area contributed by atoms with Crippen molar-refractivity contribution in [3.63, 3.8) is 0 Å². The van der Waals surface area contributed by atoms with Gasteiger partial charge in [-0.15, -0.1) is 0 Å². The lowest BCUT2D eigenvalue weighted by Crippen LogP contribution is -2.43. The molecule has 0 unspecified atom stereocenters.